The zero-order chi connectivity index (χ0) is 26.6. The van der Waals surface area contributed by atoms with E-state index in [1.54, 1.807) is 29.2 Å². The van der Waals surface area contributed by atoms with E-state index in [0.29, 0.717) is 28.2 Å². The quantitative estimate of drug-likeness (QED) is 0.295. The zero-order valence-electron chi connectivity index (χ0n) is 21.7. The molecule has 37 heavy (non-hydrogen) atoms. The van der Waals surface area contributed by atoms with Crippen molar-refractivity contribution in [1.82, 2.24) is 5.32 Å². The average Bonchev–Trinajstić information content (AvgIpc) is 2.86. The van der Waals surface area contributed by atoms with Crippen LogP contribution in [-0.2, 0) is 12.0 Å². The number of amides is 1. The van der Waals surface area contributed by atoms with Gasteiger partial charge in [0.1, 0.15) is 5.75 Å². The number of nitrogens with zero attached hydrogens (tertiary/aromatic N) is 1. The number of carbonyl (C=O) groups excluding carboxylic acids is 1. The van der Waals surface area contributed by atoms with Crippen LogP contribution in [0.1, 0.15) is 55.1 Å². The van der Waals surface area contributed by atoms with Crippen LogP contribution in [0.3, 0.4) is 0 Å². The molecular weight excluding hydrogens is 505 g/mol. The smallest absolute Gasteiger partial charge is 0.261 e. The molecule has 7 heteroatoms. The summed E-state index contributed by atoms with van der Waals surface area (Å²) in [6.45, 7) is 9.32. The zero-order valence-corrected chi connectivity index (χ0v) is 23.2. The molecule has 0 aromatic heterocycles. The van der Waals surface area contributed by atoms with Crippen LogP contribution in [0.2, 0.25) is 10.0 Å². The van der Waals surface area contributed by atoms with Gasteiger partial charge in [-0.05, 0) is 73.2 Å². The normalized spacial score (nSPS) is 14.4. The summed E-state index contributed by atoms with van der Waals surface area (Å²) in [4.78, 5) is 15.7. The molecule has 0 saturated carbocycles. The third-order valence-electron chi connectivity index (χ3n) is 6.84. The first-order valence-electron chi connectivity index (χ1n) is 12.8. The van der Waals surface area contributed by atoms with Crippen molar-refractivity contribution >= 4 is 40.5 Å². The van der Waals surface area contributed by atoms with Gasteiger partial charge in [0.05, 0.1) is 22.2 Å². The van der Waals surface area contributed by atoms with E-state index < -0.39 is 0 Å². The maximum absolute atomic E-state index is 14.0. The van der Waals surface area contributed by atoms with E-state index in [4.69, 9.17) is 23.2 Å². The second-order valence-corrected chi connectivity index (χ2v) is 11.5. The van der Waals surface area contributed by atoms with Crippen molar-refractivity contribution in [2.75, 3.05) is 29.9 Å². The maximum Gasteiger partial charge on any atom is 0.261 e. The van der Waals surface area contributed by atoms with Crippen molar-refractivity contribution in [3.8, 4) is 5.75 Å². The molecule has 5 nitrogen and oxygen atoms in total. The number of phenols is 1. The molecule has 0 aliphatic carbocycles. The second kappa shape index (κ2) is 11.8. The van der Waals surface area contributed by atoms with Crippen LogP contribution in [0, 0.1) is 5.92 Å². The van der Waals surface area contributed by atoms with Crippen LogP contribution in [0.4, 0.5) is 11.4 Å². The van der Waals surface area contributed by atoms with Gasteiger partial charge in [0, 0.05) is 23.5 Å². The number of hydrogen-bond donors (Lipinski definition) is 3. The Balaban J connectivity index is 1.66. The Morgan fingerprint density at radius 3 is 2.30 bits per heavy atom. The molecule has 1 heterocycles. The number of nitrogens with one attached hydrogen (secondary N) is 2. The van der Waals surface area contributed by atoms with Gasteiger partial charge in [-0.25, -0.2) is 0 Å². The summed E-state index contributed by atoms with van der Waals surface area (Å²) in [5.41, 5.74) is 3.14. The first kappa shape index (κ1) is 27.3. The molecule has 1 amide bonds. The summed E-state index contributed by atoms with van der Waals surface area (Å²) < 4.78 is 0. The fraction of sp³-hybridized carbons (Fsp3) is 0.367. The van der Waals surface area contributed by atoms with Gasteiger partial charge < -0.3 is 20.6 Å². The Kier molecular flexibility index (Phi) is 8.68. The molecule has 196 valence electrons. The van der Waals surface area contributed by atoms with Gasteiger partial charge in [0.2, 0.25) is 0 Å². The summed E-state index contributed by atoms with van der Waals surface area (Å²) in [5, 5.41) is 17.9. The number of benzene rings is 3. The SMILES string of the molecule is CC(C)(C)c1cc(N(Cc2ccccc2)C(=O)c2c(Cl)cc(NCC3CCNCC3)cc2Cl)ccc1O. The largest absolute Gasteiger partial charge is 0.508 e. The van der Waals surface area contributed by atoms with E-state index in [0.717, 1.165) is 49.3 Å². The van der Waals surface area contributed by atoms with Crippen LogP contribution in [-0.4, -0.2) is 30.6 Å². The highest BCUT2D eigenvalue weighted by Crippen LogP contribution is 2.37. The molecule has 0 unspecified atom stereocenters. The molecule has 0 spiro atoms. The lowest BCUT2D eigenvalue weighted by atomic mass is 9.86. The van der Waals surface area contributed by atoms with Crippen LogP contribution in [0.5, 0.6) is 5.75 Å². The average molecular weight is 541 g/mol. The van der Waals surface area contributed by atoms with Gasteiger partial charge in [-0.2, -0.15) is 0 Å². The van der Waals surface area contributed by atoms with Gasteiger partial charge in [0.25, 0.3) is 5.91 Å². The van der Waals surface area contributed by atoms with Gasteiger partial charge in [-0.15, -0.1) is 0 Å². The Labute approximate surface area is 229 Å². The molecule has 4 rings (SSSR count). The number of carbonyl (C=O) groups is 1. The van der Waals surface area contributed by atoms with Gasteiger partial charge in [-0.3, -0.25) is 4.79 Å². The molecule has 1 aliphatic heterocycles. The van der Waals surface area contributed by atoms with E-state index in [2.05, 4.69) is 10.6 Å². The van der Waals surface area contributed by atoms with Crippen molar-refractivity contribution < 1.29 is 9.90 Å². The van der Waals surface area contributed by atoms with E-state index in [1.807, 2.05) is 57.2 Å². The topological polar surface area (TPSA) is 64.6 Å². The fourth-order valence-electron chi connectivity index (χ4n) is 4.70. The molecule has 0 atom stereocenters. The van der Waals surface area contributed by atoms with Crippen LogP contribution in [0.15, 0.2) is 60.7 Å². The summed E-state index contributed by atoms with van der Waals surface area (Å²) >= 11 is 13.4. The summed E-state index contributed by atoms with van der Waals surface area (Å²) in [6, 6.07) is 18.6. The maximum atomic E-state index is 14.0. The molecular formula is C30H35Cl2N3O2. The molecule has 1 saturated heterocycles. The van der Waals surface area contributed by atoms with Crippen molar-refractivity contribution in [2.45, 2.75) is 45.6 Å². The number of piperidine rings is 1. The second-order valence-electron chi connectivity index (χ2n) is 10.7. The Bertz CT molecular complexity index is 1210. The number of phenolic OH excluding ortho intramolecular Hbond substituents is 1. The summed E-state index contributed by atoms with van der Waals surface area (Å²) in [6.07, 6.45) is 2.26. The van der Waals surface area contributed by atoms with Gasteiger partial charge in [0.15, 0.2) is 0 Å². The minimum absolute atomic E-state index is 0.198. The monoisotopic (exact) mass is 539 g/mol. The predicted octanol–water partition coefficient (Wildman–Crippen LogP) is 7.26. The first-order chi connectivity index (χ1) is 17.6. The van der Waals surface area contributed by atoms with Crippen molar-refractivity contribution in [3.05, 3.63) is 87.4 Å². The highest BCUT2D eigenvalue weighted by atomic mass is 35.5. The molecule has 3 aromatic rings. The number of aromatic hydroxyl groups is 1. The van der Waals surface area contributed by atoms with E-state index in [1.165, 1.54) is 0 Å². The first-order valence-corrected chi connectivity index (χ1v) is 13.5. The van der Waals surface area contributed by atoms with Crippen molar-refractivity contribution in [3.63, 3.8) is 0 Å². The lowest BCUT2D eigenvalue weighted by Gasteiger charge is -2.28. The minimum Gasteiger partial charge on any atom is -0.508 e. The Morgan fingerprint density at radius 1 is 1.03 bits per heavy atom. The van der Waals surface area contributed by atoms with Crippen molar-refractivity contribution in [2.24, 2.45) is 5.92 Å². The highest BCUT2D eigenvalue weighted by Gasteiger charge is 2.26. The summed E-state index contributed by atoms with van der Waals surface area (Å²) in [5.74, 6) is 0.492. The van der Waals surface area contributed by atoms with E-state index >= 15 is 0 Å². The lowest BCUT2D eigenvalue weighted by Crippen LogP contribution is -2.31. The molecule has 1 aliphatic rings. The highest BCUT2D eigenvalue weighted by molar-refractivity contribution is 6.41. The lowest BCUT2D eigenvalue weighted by molar-refractivity contribution is 0.0985. The van der Waals surface area contributed by atoms with Gasteiger partial charge >= 0.3 is 0 Å². The minimum atomic E-state index is -0.307. The van der Waals surface area contributed by atoms with Crippen molar-refractivity contribution in [1.29, 1.82) is 0 Å². The van der Waals surface area contributed by atoms with Crippen LogP contribution < -0.4 is 15.5 Å². The van der Waals surface area contributed by atoms with E-state index in [-0.39, 0.29) is 22.6 Å². The van der Waals surface area contributed by atoms with Crippen LogP contribution in [0.25, 0.3) is 0 Å². The summed E-state index contributed by atoms with van der Waals surface area (Å²) in [7, 11) is 0. The molecule has 1 fully saturated rings. The third-order valence-corrected chi connectivity index (χ3v) is 7.43. The Hall–Kier alpha value is -2.73. The number of rotatable bonds is 7. The molecule has 0 radical (unpaired) electrons. The predicted molar refractivity (Wildman–Crippen MR) is 154 cm³/mol. The molecule has 3 N–H and O–H groups in total. The third kappa shape index (κ3) is 6.78. The number of anilines is 2. The number of hydrogen-bond acceptors (Lipinski definition) is 4. The molecule has 3 aromatic carbocycles. The van der Waals surface area contributed by atoms with Crippen LogP contribution >= 0.6 is 23.2 Å². The fourth-order valence-corrected chi connectivity index (χ4v) is 5.35. The number of halogens is 2. The standard InChI is InChI=1S/C30H35Cl2N3O2/c1-30(2,3)24-17-23(9-10-27(24)36)35(19-21-7-5-4-6-8-21)29(37)28-25(31)15-22(16-26(28)32)34-18-20-11-13-33-14-12-20/h4-10,15-17,20,33-34,36H,11-14,18-19H2,1-3H3. The molecule has 0 bridgehead atoms. The van der Waals surface area contributed by atoms with Gasteiger partial charge in [-0.1, -0.05) is 74.3 Å². The van der Waals surface area contributed by atoms with E-state index in [9.17, 15) is 9.90 Å². The Morgan fingerprint density at radius 2 is 1.68 bits per heavy atom.